The molecule has 1 aromatic heterocycles. The quantitative estimate of drug-likeness (QED) is 0.430. The van der Waals surface area contributed by atoms with E-state index in [2.05, 4.69) is 9.71 Å². The summed E-state index contributed by atoms with van der Waals surface area (Å²) < 4.78 is 30.9. The molecule has 0 unspecified atom stereocenters. The third-order valence-corrected chi connectivity index (χ3v) is 5.33. The normalized spacial score (nSPS) is 11.3. The summed E-state index contributed by atoms with van der Waals surface area (Å²) in [6, 6.07) is 23.0. The molecule has 1 heterocycles. The number of rotatable bonds is 7. The van der Waals surface area contributed by atoms with Crippen molar-refractivity contribution >= 4 is 32.6 Å². The van der Waals surface area contributed by atoms with Crippen LogP contribution >= 0.6 is 0 Å². The van der Waals surface area contributed by atoms with E-state index < -0.39 is 16.0 Å². The summed E-state index contributed by atoms with van der Waals surface area (Å²) in [6.07, 6.45) is 1.11. The van der Waals surface area contributed by atoms with Crippen LogP contribution in [-0.2, 0) is 16.6 Å². The van der Waals surface area contributed by atoms with E-state index in [4.69, 9.17) is 9.84 Å². The Morgan fingerprint density at radius 2 is 1.78 bits per heavy atom. The van der Waals surface area contributed by atoms with Crippen LogP contribution in [0.15, 0.2) is 78.9 Å². The van der Waals surface area contributed by atoms with Gasteiger partial charge < -0.3 is 9.84 Å². The highest BCUT2D eigenvalue weighted by Gasteiger charge is 2.07. The average molecular weight is 449 g/mol. The van der Waals surface area contributed by atoms with Gasteiger partial charge >= 0.3 is 5.97 Å². The molecule has 7 nitrogen and oxygen atoms in total. The summed E-state index contributed by atoms with van der Waals surface area (Å²) in [4.78, 5) is 15.8. The fourth-order valence-corrected chi connectivity index (χ4v) is 3.80. The zero-order chi connectivity index (χ0) is 22.7. The van der Waals surface area contributed by atoms with Crippen molar-refractivity contribution in [3.05, 3.63) is 90.0 Å². The second-order valence-corrected chi connectivity index (χ2v) is 9.05. The van der Waals surface area contributed by atoms with Crippen molar-refractivity contribution in [2.24, 2.45) is 0 Å². The van der Waals surface area contributed by atoms with E-state index in [9.17, 15) is 13.2 Å². The monoisotopic (exact) mass is 448 g/mol. The zero-order valence-electron chi connectivity index (χ0n) is 17.1. The predicted octanol–water partition coefficient (Wildman–Crippen LogP) is 4.55. The number of benzene rings is 3. The summed E-state index contributed by atoms with van der Waals surface area (Å²) in [6.45, 7) is 0.256. The number of pyridine rings is 1. The third kappa shape index (κ3) is 5.22. The van der Waals surface area contributed by atoms with E-state index >= 15 is 0 Å². The maximum Gasteiger partial charge on any atom is 0.335 e. The largest absolute Gasteiger partial charge is 0.489 e. The number of hydrogen-bond acceptors (Lipinski definition) is 5. The van der Waals surface area contributed by atoms with Crippen molar-refractivity contribution in [2.75, 3.05) is 11.0 Å². The first-order valence-electron chi connectivity index (χ1n) is 9.71. The maximum absolute atomic E-state index is 11.3. The minimum absolute atomic E-state index is 0.224. The number of carboxylic acid groups (broad SMARTS) is 1. The van der Waals surface area contributed by atoms with E-state index in [-0.39, 0.29) is 12.2 Å². The Hall–Kier alpha value is -3.91. The average Bonchev–Trinajstić information content (AvgIpc) is 2.77. The first-order chi connectivity index (χ1) is 15.3. The number of carboxylic acids is 1. The number of hydrogen-bond donors (Lipinski definition) is 2. The van der Waals surface area contributed by atoms with Crippen molar-refractivity contribution in [1.29, 1.82) is 0 Å². The number of nitrogens with zero attached hydrogens (tertiary/aromatic N) is 1. The highest BCUT2D eigenvalue weighted by atomic mass is 32.2. The molecule has 2 N–H and O–H groups in total. The van der Waals surface area contributed by atoms with Gasteiger partial charge in [0.25, 0.3) is 0 Å². The molecule has 0 saturated carbocycles. The molecule has 162 valence electrons. The first-order valence-corrected chi connectivity index (χ1v) is 11.6. The molecule has 3 aromatic carbocycles. The molecule has 0 fully saturated rings. The molecule has 8 heteroatoms. The fourth-order valence-electron chi connectivity index (χ4n) is 3.24. The molecule has 0 amide bonds. The number of aromatic carboxylic acids is 1. The summed E-state index contributed by atoms with van der Waals surface area (Å²) in [5.41, 5.74) is 3.91. The van der Waals surface area contributed by atoms with E-state index in [0.717, 1.165) is 34.0 Å². The lowest BCUT2D eigenvalue weighted by atomic mass is 10.1. The van der Waals surface area contributed by atoms with Crippen molar-refractivity contribution in [3.63, 3.8) is 0 Å². The molecule has 0 aliphatic heterocycles. The van der Waals surface area contributed by atoms with Crippen LogP contribution in [0.2, 0.25) is 0 Å². The molecule has 4 aromatic rings. The van der Waals surface area contributed by atoms with Crippen molar-refractivity contribution in [3.8, 4) is 17.0 Å². The molecule has 0 aliphatic rings. The van der Waals surface area contributed by atoms with Crippen LogP contribution in [0.5, 0.6) is 5.75 Å². The summed E-state index contributed by atoms with van der Waals surface area (Å²) in [5, 5.41) is 10.0. The molecule has 0 bridgehead atoms. The number of fused-ring (bicyclic) bond motifs is 1. The predicted molar refractivity (Wildman–Crippen MR) is 123 cm³/mol. The van der Waals surface area contributed by atoms with Crippen LogP contribution in [-0.4, -0.2) is 30.7 Å². The lowest BCUT2D eigenvalue weighted by Crippen LogP contribution is -2.09. The Bertz CT molecular complexity index is 1400. The summed E-state index contributed by atoms with van der Waals surface area (Å²) in [7, 11) is -3.32. The highest BCUT2D eigenvalue weighted by molar-refractivity contribution is 7.92. The Kier molecular flexibility index (Phi) is 5.79. The van der Waals surface area contributed by atoms with Gasteiger partial charge in [-0.3, -0.25) is 4.72 Å². The van der Waals surface area contributed by atoms with Gasteiger partial charge in [-0.25, -0.2) is 18.2 Å². The van der Waals surface area contributed by atoms with Crippen LogP contribution in [0.25, 0.3) is 22.2 Å². The number of anilines is 1. The minimum atomic E-state index is -3.32. The second kappa shape index (κ2) is 8.68. The van der Waals surface area contributed by atoms with Crippen LogP contribution in [0.4, 0.5) is 5.69 Å². The lowest BCUT2D eigenvalue weighted by molar-refractivity contribution is 0.0696. The molecule has 0 spiro atoms. The molecular formula is C24H20N2O5S. The van der Waals surface area contributed by atoms with Gasteiger partial charge in [-0.05, 0) is 54.1 Å². The van der Waals surface area contributed by atoms with Gasteiger partial charge in [-0.15, -0.1) is 0 Å². The van der Waals surface area contributed by atoms with Crippen molar-refractivity contribution in [1.82, 2.24) is 4.98 Å². The zero-order valence-corrected chi connectivity index (χ0v) is 18.0. The SMILES string of the molecule is CS(=O)(=O)Nc1ccc(-c2ccc3cc(OCc4cccc(C(=O)O)c4)ccc3n2)cc1. The standard InChI is InChI=1S/C24H20N2O5S/c1-32(29,30)26-20-8-5-17(6-9-20)22-11-7-18-14-21(10-12-23(18)25-22)31-15-16-3-2-4-19(13-16)24(27)28/h2-14,26H,15H2,1H3,(H,27,28). The van der Waals surface area contributed by atoms with Crippen LogP contribution in [0, 0.1) is 0 Å². The van der Waals surface area contributed by atoms with Gasteiger partial charge in [0.1, 0.15) is 12.4 Å². The van der Waals surface area contributed by atoms with Gasteiger partial charge in [0, 0.05) is 16.6 Å². The molecule has 0 saturated heterocycles. The van der Waals surface area contributed by atoms with Gasteiger partial charge in [0.05, 0.1) is 23.0 Å². The number of carbonyl (C=O) groups is 1. The Labute approximate surface area is 185 Å². The number of nitrogens with one attached hydrogen (secondary N) is 1. The molecule has 0 aliphatic carbocycles. The second-order valence-electron chi connectivity index (χ2n) is 7.30. The summed E-state index contributed by atoms with van der Waals surface area (Å²) >= 11 is 0. The van der Waals surface area contributed by atoms with Gasteiger partial charge in [0.15, 0.2) is 0 Å². The molecule has 32 heavy (non-hydrogen) atoms. The lowest BCUT2D eigenvalue weighted by Gasteiger charge is -2.09. The molecular weight excluding hydrogens is 428 g/mol. The van der Waals surface area contributed by atoms with Gasteiger partial charge in [-0.1, -0.05) is 30.3 Å². The highest BCUT2D eigenvalue weighted by Crippen LogP contribution is 2.26. The van der Waals surface area contributed by atoms with E-state index in [1.54, 1.807) is 30.3 Å². The Balaban J connectivity index is 1.50. The topological polar surface area (TPSA) is 106 Å². The molecule has 0 atom stereocenters. The summed E-state index contributed by atoms with van der Waals surface area (Å²) in [5.74, 6) is -0.315. The van der Waals surface area contributed by atoms with Gasteiger partial charge in [0.2, 0.25) is 10.0 Å². The number of sulfonamides is 1. The molecule has 0 radical (unpaired) electrons. The maximum atomic E-state index is 11.3. The van der Waals surface area contributed by atoms with E-state index in [0.29, 0.717) is 11.4 Å². The van der Waals surface area contributed by atoms with Crippen molar-refractivity contribution in [2.45, 2.75) is 6.61 Å². The van der Waals surface area contributed by atoms with E-state index in [1.807, 2.05) is 48.5 Å². The van der Waals surface area contributed by atoms with Crippen LogP contribution < -0.4 is 9.46 Å². The van der Waals surface area contributed by atoms with E-state index in [1.165, 1.54) is 0 Å². The third-order valence-electron chi connectivity index (χ3n) is 4.72. The fraction of sp³-hybridized carbons (Fsp3) is 0.0833. The number of ether oxygens (including phenoxy) is 1. The smallest absolute Gasteiger partial charge is 0.335 e. The Morgan fingerprint density at radius 3 is 2.50 bits per heavy atom. The number of aromatic nitrogens is 1. The molecule has 4 rings (SSSR count). The van der Waals surface area contributed by atoms with Crippen molar-refractivity contribution < 1.29 is 23.1 Å². The first kappa shape index (κ1) is 21.3. The minimum Gasteiger partial charge on any atom is -0.489 e. The van der Waals surface area contributed by atoms with Crippen LogP contribution in [0.3, 0.4) is 0 Å². The van der Waals surface area contributed by atoms with Gasteiger partial charge in [-0.2, -0.15) is 0 Å². The Morgan fingerprint density at radius 1 is 1.00 bits per heavy atom. The van der Waals surface area contributed by atoms with Crippen LogP contribution in [0.1, 0.15) is 15.9 Å².